The van der Waals surface area contributed by atoms with E-state index in [0.717, 1.165) is 24.3 Å². The van der Waals surface area contributed by atoms with E-state index in [1.54, 1.807) is 4.90 Å². The third kappa shape index (κ3) is 6.04. The van der Waals surface area contributed by atoms with Crippen molar-refractivity contribution in [2.45, 2.75) is 26.3 Å². The Balaban J connectivity index is 1.49. The van der Waals surface area contributed by atoms with Gasteiger partial charge in [0.25, 0.3) is 0 Å². The van der Waals surface area contributed by atoms with Crippen molar-refractivity contribution < 1.29 is 21.6 Å². The van der Waals surface area contributed by atoms with Crippen LogP contribution in [0.3, 0.4) is 0 Å². The highest BCUT2D eigenvalue weighted by molar-refractivity contribution is 7.91. The van der Waals surface area contributed by atoms with Crippen molar-refractivity contribution in [2.75, 3.05) is 79.6 Å². The van der Waals surface area contributed by atoms with Crippen LogP contribution >= 0.6 is 0 Å². The summed E-state index contributed by atoms with van der Waals surface area (Å²) in [5.74, 6) is 0.532. The molecule has 1 aromatic carbocycles. The minimum Gasteiger partial charge on any atom is -0.374 e. The highest BCUT2D eigenvalue weighted by Crippen LogP contribution is 2.43. The smallest absolute Gasteiger partial charge is 0.320 e. The molecule has 0 spiro atoms. The van der Waals surface area contributed by atoms with Gasteiger partial charge in [-0.05, 0) is 42.0 Å². The van der Waals surface area contributed by atoms with E-state index in [4.69, 9.17) is 0 Å². The summed E-state index contributed by atoms with van der Waals surface area (Å²) in [5, 5.41) is 0. The van der Waals surface area contributed by atoms with Crippen molar-refractivity contribution in [3.63, 3.8) is 0 Å². The third-order valence-corrected chi connectivity index (χ3v) is 10.3. The summed E-state index contributed by atoms with van der Waals surface area (Å²) in [4.78, 5) is 21.3. The van der Waals surface area contributed by atoms with Crippen LogP contribution in [0.25, 0.3) is 0 Å². The Labute approximate surface area is 209 Å². The second-order valence-electron chi connectivity index (χ2n) is 11.1. The van der Waals surface area contributed by atoms with Crippen LogP contribution in [0.4, 0.5) is 16.2 Å². The molecule has 4 heterocycles. The average molecular weight is 527 g/mol. The van der Waals surface area contributed by atoms with Gasteiger partial charge in [-0.15, -0.1) is 0 Å². The average Bonchev–Trinajstić information content (AvgIpc) is 3.04. The molecule has 0 N–H and O–H groups in total. The van der Waals surface area contributed by atoms with Crippen LogP contribution in [0.2, 0.25) is 0 Å². The molecule has 2 atom stereocenters. The first-order valence-corrected chi connectivity index (χ1v) is 16.1. The van der Waals surface area contributed by atoms with E-state index >= 15 is 0 Å². The Hall–Kier alpha value is -2.01. The summed E-state index contributed by atoms with van der Waals surface area (Å²) in [7, 11) is -4.16. The van der Waals surface area contributed by atoms with E-state index in [1.165, 1.54) is 6.26 Å². The number of carbonyl (C=O) groups excluding carboxylic acids is 1. The van der Waals surface area contributed by atoms with Gasteiger partial charge in [0.2, 0.25) is 0 Å². The van der Waals surface area contributed by atoms with Gasteiger partial charge in [-0.3, -0.25) is 0 Å². The lowest BCUT2D eigenvalue weighted by molar-refractivity contribution is 0.153. The van der Waals surface area contributed by atoms with E-state index in [1.807, 2.05) is 29.0 Å². The number of nitrogens with zero attached hydrogens (tertiary/aromatic N) is 4. The van der Waals surface area contributed by atoms with Gasteiger partial charge in [0.1, 0.15) is 9.84 Å². The number of benzene rings is 1. The first kappa shape index (κ1) is 26.1. The van der Waals surface area contributed by atoms with Gasteiger partial charge in [0.15, 0.2) is 9.84 Å². The first-order chi connectivity index (χ1) is 16.2. The zero-order valence-electron chi connectivity index (χ0n) is 21.2. The van der Waals surface area contributed by atoms with Crippen LogP contribution in [0.15, 0.2) is 24.3 Å². The third-order valence-electron chi connectivity index (χ3n) is 7.72. The predicted molar refractivity (Wildman–Crippen MR) is 140 cm³/mol. The summed E-state index contributed by atoms with van der Waals surface area (Å²) in [5.41, 5.74) is 2.09. The minimum absolute atomic E-state index is 0.0220. The van der Waals surface area contributed by atoms with E-state index in [9.17, 15) is 21.6 Å². The van der Waals surface area contributed by atoms with Gasteiger partial charge in [-0.1, -0.05) is 13.8 Å². The maximum Gasteiger partial charge on any atom is 0.320 e. The molecule has 5 rings (SSSR count). The zero-order chi connectivity index (χ0) is 25.6. The Morgan fingerprint density at radius 2 is 1.69 bits per heavy atom. The second-order valence-corrected chi connectivity index (χ2v) is 15.7. The molecule has 4 aliphatic heterocycles. The molecule has 4 saturated heterocycles. The highest BCUT2D eigenvalue weighted by atomic mass is 32.2. The van der Waals surface area contributed by atoms with Gasteiger partial charge in [0.05, 0.1) is 23.3 Å². The summed E-state index contributed by atoms with van der Waals surface area (Å²) in [6.45, 7) is 7.69. The predicted octanol–water partition coefficient (Wildman–Crippen LogP) is 1.55. The topological polar surface area (TPSA) is 98.3 Å². The van der Waals surface area contributed by atoms with E-state index in [-0.39, 0.29) is 47.8 Å². The first-order valence-electron chi connectivity index (χ1n) is 12.2. The molecule has 0 aliphatic carbocycles. The molecular weight excluding hydrogens is 488 g/mol. The largest absolute Gasteiger partial charge is 0.374 e. The molecule has 0 aromatic heterocycles. The molecule has 2 bridgehead atoms. The Morgan fingerprint density at radius 3 is 2.29 bits per heavy atom. The van der Waals surface area contributed by atoms with Gasteiger partial charge >= 0.3 is 6.03 Å². The molecular formula is C24H38N4O5S2. The maximum absolute atomic E-state index is 13.3. The van der Waals surface area contributed by atoms with Crippen LogP contribution in [0, 0.1) is 11.3 Å². The Morgan fingerprint density at radius 1 is 1.06 bits per heavy atom. The molecule has 0 radical (unpaired) electrons. The summed E-state index contributed by atoms with van der Waals surface area (Å²) < 4.78 is 46.6. The van der Waals surface area contributed by atoms with E-state index < -0.39 is 19.7 Å². The fraction of sp³-hybridized carbons (Fsp3) is 0.708. The lowest BCUT2D eigenvalue weighted by Crippen LogP contribution is -2.55. The number of hydrogen-bond acceptors (Lipinski definition) is 7. The number of rotatable bonds is 5. The van der Waals surface area contributed by atoms with Crippen molar-refractivity contribution in [2.24, 2.45) is 11.3 Å². The minimum atomic E-state index is -3.03. The highest BCUT2D eigenvalue weighted by Gasteiger charge is 2.47. The lowest BCUT2D eigenvalue weighted by Gasteiger charge is -2.48. The van der Waals surface area contributed by atoms with E-state index in [2.05, 4.69) is 30.9 Å². The monoisotopic (exact) mass is 526 g/mol. The summed E-state index contributed by atoms with van der Waals surface area (Å²) in [6.07, 6.45) is 2.29. The molecule has 196 valence electrons. The van der Waals surface area contributed by atoms with Crippen molar-refractivity contribution in [1.29, 1.82) is 0 Å². The van der Waals surface area contributed by atoms with Crippen LogP contribution in [0.5, 0.6) is 0 Å². The van der Waals surface area contributed by atoms with Crippen LogP contribution < -0.4 is 9.80 Å². The lowest BCUT2D eigenvalue weighted by atomic mass is 9.73. The molecule has 2 amide bonds. The molecule has 11 heteroatoms. The summed E-state index contributed by atoms with van der Waals surface area (Å²) >= 11 is 0. The van der Waals surface area contributed by atoms with Crippen molar-refractivity contribution >= 4 is 37.1 Å². The fourth-order valence-electron chi connectivity index (χ4n) is 5.71. The van der Waals surface area contributed by atoms with E-state index in [0.29, 0.717) is 25.6 Å². The van der Waals surface area contributed by atoms with Gasteiger partial charge in [-0.2, -0.15) is 0 Å². The molecule has 1 aromatic rings. The van der Waals surface area contributed by atoms with Crippen molar-refractivity contribution in [3.05, 3.63) is 24.3 Å². The Bertz CT molecular complexity index is 1140. The van der Waals surface area contributed by atoms with Crippen LogP contribution in [-0.4, -0.2) is 109 Å². The fourth-order valence-corrected chi connectivity index (χ4v) is 7.52. The standard InChI is InChI=1S/C24H38N4O5S2/c1-24(2)15-19-16-27(23(29)26-10-13-35(32,33)14-11-26)18-22(24)28(17-19)21-7-5-20(6-8-21)25(3)9-12-34(4,30)31/h5-8,19,22H,9-18H2,1-4H3/t19-,22-/m1/s1. The number of piperidine rings is 1. The summed E-state index contributed by atoms with van der Waals surface area (Å²) in [6, 6.07) is 8.33. The number of hydrogen-bond donors (Lipinski definition) is 0. The number of fused-ring (bicyclic) bond motifs is 4. The molecule has 4 aliphatic rings. The molecule has 9 nitrogen and oxygen atoms in total. The molecule has 0 saturated carbocycles. The van der Waals surface area contributed by atoms with Crippen LogP contribution in [-0.2, 0) is 19.7 Å². The van der Waals surface area contributed by atoms with Crippen molar-refractivity contribution in [3.8, 4) is 0 Å². The molecule has 35 heavy (non-hydrogen) atoms. The number of anilines is 2. The molecule has 0 unspecified atom stereocenters. The van der Waals surface area contributed by atoms with Crippen molar-refractivity contribution in [1.82, 2.24) is 9.80 Å². The Kier molecular flexibility index (Phi) is 7.04. The normalized spacial score (nSPS) is 25.9. The van der Waals surface area contributed by atoms with Crippen LogP contribution in [0.1, 0.15) is 20.3 Å². The zero-order valence-corrected chi connectivity index (χ0v) is 22.8. The molecule has 4 fully saturated rings. The van der Waals surface area contributed by atoms with Gasteiger partial charge < -0.3 is 19.6 Å². The number of carbonyl (C=O) groups is 1. The van der Waals surface area contributed by atoms with Gasteiger partial charge in [0, 0.05) is 63.9 Å². The van der Waals surface area contributed by atoms with Gasteiger partial charge in [-0.25, -0.2) is 21.6 Å². The number of urea groups is 1. The number of amides is 2. The quantitative estimate of drug-likeness (QED) is 0.574. The number of sulfone groups is 2. The second kappa shape index (κ2) is 9.46. The maximum atomic E-state index is 13.3. The SMILES string of the molecule is CN(CCS(C)(=O)=O)c1ccc(N2C[C@H]3CN(C(=O)N4CCS(=O)(=O)CC4)C[C@@H]2C(C)(C)C3)cc1.